The zero-order valence-corrected chi connectivity index (χ0v) is 17.5. The number of rotatable bonds is 8. The van der Waals surface area contributed by atoms with Gasteiger partial charge in [-0.2, -0.15) is 5.10 Å². The molecule has 0 aliphatic carbocycles. The summed E-state index contributed by atoms with van der Waals surface area (Å²) in [5, 5.41) is 25.9. The number of hydrazone groups is 1. The maximum atomic E-state index is 12.5. The number of amides is 1. The van der Waals surface area contributed by atoms with Crippen LogP contribution in [-0.4, -0.2) is 35.0 Å². The summed E-state index contributed by atoms with van der Waals surface area (Å²) in [6, 6.07) is 15.0. The Morgan fingerprint density at radius 2 is 1.53 bits per heavy atom. The lowest BCUT2D eigenvalue weighted by molar-refractivity contribution is -0.394. The quantitative estimate of drug-likeness (QED) is 0.174. The number of carbonyl (C=O) groups excluding carboxylic acids is 2. The predicted octanol–water partition coefficient (Wildman–Crippen LogP) is 3.49. The highest BCUT2D eigenvalue weighted by Crippen LogP contribution is 2.24. The highest BCUT2D eigenvalue weighted by Gasteiger charge is 2.21. The third kappa shape index (κ3) is 5.76. The summed E-state index contributed by atoms with van der Waals surface area (Å²) in [6.45, 7) is 0. The molecule has 3 rings (SSSR count). The molecule has 12 nitrogen and oxygen atoms in total. The molecule has 12 heteroatoms. The molecule has 0 spiro atoms. The summed E-state index contributed by atoms with van der Waals surface area (Å²) < 4.78 is 10.3. The summed E-state index contributed by atoms with van der Waals surface area (Å²) in [5.74, 6) is -0.929. The Morgan fingerprint density at radius 3 is 2.12 bits per heavy atom. The van der Waals surface area contributed by atoms with Crippen LogP contribution in [0, 0.1) is 20.2 Å². The summed E-state index contributed by atoms with van der Waals surface area (Å²) in [4.78, 5) is 45.1. The third-order valence-corrected chi connectivity index (χ3v) is 4.40. The molecule has 3 aromatic carbocycles. The Bertz CT molecular complexity index is 1260. The molecule has 3 aromatic rings. The molecule has 34 heavy (non-hydrogen) atoms. The van der Waals surface area contributed by atoms with Gasteiger partial charge in [-0.05, 0) is 36.4 Å². The fourth-order valence-electron chi connectivity index (χ4n) is 2.73. The van der Waals surface area contributed by atoms with Crippen LogP contribution in [0.2, 0.25) is 0 Å². The molecule has 0 unspecified atom stereocenters. The lowest BCUT2D eigenvalue weighted by Crippen LogP contribution is -2.17. The maximum absolute atomic E-state index is 12.5. The van der Waals surface area contributed by atoms with E-state index in [-0.39, 0.29) is 11.3 Å². The zero-order valence-electron chi connectivity index (χ0n) is 17.5. The predicted molar refractivity (Wildman–Crippen MR) is 119 cm³/mol. The first-order chi connectivity index (χ1) is 16.3. The van der Waals surface area contributed by atoms with Crippen LogP contribution in [0.5, 0.6) is 11.5 Å². The largest absolute Gasteiger partial charge is 0.497 e. The number of nitrogens with zero attached hydrogens (tertiary/aromatic N) is 3. The number of esters is 1. The molecule has 0 aromatic heterocycles. The molecule has 0 fully saturated rings. The van der Waals surface area contributed by atoms with Crippen molar-refractivity contribution in [2.24, 2.45) is 5.10 Å². The highest BCUT2D eigenvalue weighted by molar-refractivity contribution is 5.96. The summed E-state index contributed by atoms with van der Waals surface area (Å²) >= 11 is 0. The fraction of sp³-hybridized carbons (Fsp3) is 0.0455. The van der Waals surface area contributed by atoms with Crippen LogP contribution < -0.4 is 14.9 Å². The second kappa shape index (κ2) is 10.5. The van der Waals surface area contributed by atoms with E-state index in [1.54, 1.807) is 42.5 Å². The topological polar surface area (TPSA) is 163 Å². The maximum Gasteiger partial charge on any atom is 0.344 e. The average Bonchev–Trinajstić information content (AvgIpc) is 2.84. The van der Waals surface area contributed by atoms with E-state index in [4.69, 9.17) is 9.47 Å². The number of benzene rings is 3. The molecule has 0 saturated carbocycles. The van der Waals surface area contributed by atoms with Crippen LogP contribution in [0.25, 0.3) is 0 Å². The van der Waals surface area contributed by atoms with Gasteiger partial charge in [-0.25, -0.2) is 10.2 Å². The van der Waals surface area contributed by atoms with Crippen molar-refractivity contribution in [1.82, 2.24) is 5.43 Å². The van der Waals surface area contributed by atoms with Crippen LogP contribution in [0.4, 0.5) is 11.4 Å². The van der Waals surface area contributed by atoms with Crippen LogP contribution in [0.1, 0.15) is 26.3 Å². The monoisotopic (exact) mass is 464 g/mol. The summed E-state index contributed by atoms with van der Waals surface area (Å²) in [6.07, 6.45) is 1.24. The molecule has 0 saturated heterocycles. The molecule has 0 heterocycles. The molecule has 172 valence electrons. The number of hydrogen-bond donors (Lipinski definition) is 1. The molecule has 0 radical (unpaired) electrons. The van der Waals surface area contributed by atoms with E-state index in [1.165, 1.54) is 19.4 Å². The van der Waals surface area contributed by atoms with E-state index in [0.29, 0.717) is 16.9 Å². The van der Waals surface area contributed by atoms with Gasteiger partial charge in [0, 0.05) is 23.3 Å². The van der Waals surface area contributed by atoms with Crippen molar-refractivity contribution in [3.05, 3.63) is 104 Å². The highest BCUT2D eigenvalue weighted by atomic mass is 16.6. The number of nitro groups is 2. The molecular weight excluding hydrogens is 448 g/mol. The number of ether oxygens (including phenoxy) is 2. The van der Waals surface area contributed by atoms with E-state index < -0.39 is 33.1 Å². The van der Waals surface area contributed by atoms with Crippen molar-refractivity contribution in [3.63, 3.8) is 0 Å². The standard InChI is InChI=1S/C22H16N4O8/c1-33-19-8-6-14(7-9-19)21(27)24-23-13-15-4-2-3-5-20(15)34-22(28)16-10-17(25(29)30)12-18(11-16)26(31)32/h2-13H,1H3,(H,24,27). The lowest BCUT2D eigenvalue weighted by Gasteiger charge is -2.07. The second-order valence-corrected chi connectivity index (χ2v) is 6.61. The average molecular weight is 464 g/mol. The molecule has 0 bridgehead atoms. The van der Waals surface area contributed by atoms with E-state index in [1.807, 2.05) is 0 Å². The smallest absolute Gasteiger partial charge is 0.344 e. The molecule has 0 aliphatic heterocycles. The van der Waals surface area contributed by atoms with Crippen molar-refractivity contribution in [2.45, 2.75) is 0 Å². The fourth-order valence-corrected chi connectivity index (χ4v) is 2.73. The summed E-state index contributed by atoms with van der Waals surface area (Å²) in [5.41, 5.74) is 1.34. The van der Waals surface area contributed by atoms with Gasteiger partial charge in [0.05, 0.1) is 34.8 Å². The third-order valence-electron chi connectivity index (χ3n) is 4.40. The van der Waals surface area contributed by atoms with Gasteiger partial charge in [0.25, 0.3) is 17.3 Å². The van der Waals surface area contributed by atoms with Gasteiger partial charge in [0.1, 0.15) is 11.5 Å². The first kappa shape index (κ1) is 23.5. The minimum atomic E-state index is -1.05. The summed E-state index contributed by atoms with van der Waals surface area (Å²) in [7, 11) is 1.50. The van der Waals surface area contributed by atoms with Crippen LogP contribution >= 0.6 is 0 Å². The number of hydrogen-bond acceptors (Lipinski definition) is 9. The van der Waals surface area contributed by atoms with Gasteiger partial charge in [-0.15, -0.1) is 0 Å². The first-order valence-electron chi connectivity index (χ1n) is 9.51. The van der Waals surface area contributed by atoms with Crippen LogP contribution in [0.3, 0.4) is 0 Å². The molecule has 1 amide bonds. The minimum Gasteiger partial charge on any atom is -0.497 e. The number of nitrogens with one attached hydrogen (secondary N) is 1. The van der Waals surface area contributed by atoms with E-state index >= 15 is 0 Å². The van der Waals surface area contributed by atoms with Gasteiger partial charge >= 0.3 is 5.97 Å². The number of methoxy groups -OCH3 is 1. The number of nitro benzene ring substituents is 2. The van der Waals surface area contributed by atoms with Gasteiger partial charge in [0.15, 0.2) is 0 Å². The Kier molecular flexibility index (Phi) is 7.24. The SMILES string of the molecule is COc1ccc(C(=O)NN=Cc2ccccc2OC(=O)c2cc([N+](=O)[O-])cc([N+](=O)[O-])c2)cc1. The van der Waals surface area contributed by atoms with E-state index in [9.17, 15) is 29.8 Å². The normalized spacial score (nSPS) is 10.5. The van der Waals surface area contributed by atoms with E-state index in [2.05, 4.69) is 10.5 Å². The molecule has 0 aliphatic rings. The zero-order chi connectivity index (χ0) is 24.7. The molecular formula is C22H16N4O8. The molecule has 0 atom stereocenters. The Labute approximate surface area is 191 Å². The lowest BCUT2D eigenvalue weighted by atomic mass is 10.1. The van der Waals surface area contributed by atoms with Crippen molar-refractivity contribution in [1.29, 1.82) is 0 Å². The van der Waals surface area contributed by atoms with Crippen molar-refractivity contribution >= 4 is 29.5 Å². The van der Waals surface area contributed by atoms with Crippen molar-refractivity contribution in [2.75, 3.05) is 7.11 Å². The van der Waals surface area contributed by atoms with Crippen molar-refractivity contribution < 1.29 is 28.9 Å². The van der Waals surface area contributed by atoms with Gasteiger partial charge < -0.3 is 9.47 Å². The Balaban J connectivity index is 1.76. The Hall–Kier alpha value is -5.13. The van der Waals surface area contributed by atoms with Gasteiger partial charge in [-0.1, -0.05) is 12.1 Å². The van der Waals surface area contributed by atoms with Gasteiger partial charge in [-0.3, -0.25) is 25.0 Å². The number of non-ortho nitro benzene ring substituents is 2. The number of para-hydroxylation sites is 1. The second-order valence-electron chi connectivity index (χ2n) is 6.61. The number of carbonyl (C=O) groups is 2. The van der Waals surface area contributed by atoms with Gasteiger partial charge in [0.2, 0.25) is 0 Å². The van der Waals surface area contributed by atoms with E-state index in [0.717, 1.165) is 18.2 Å². The van der Waals surface area contributed by atoms with Crippen LogP contribution in [0.15, 0.2) is 71.8 Å². The molecule has 1 N–H and O–H groups in total. The minimum absolute atomic E-state index is 0.0177. The van der Waals surface area contributed by atoms with Crippen molar-refractivity contribution in [3.8, 4) is 11.5 Å². The first-order valence-corrected chi connectivity index (χ1v) is 9.51. The Morgan fingerprint density at radius 1 is 0.912 bits per heavy atom. The van der Waals surface area contributed by atoms with Crippen LogP contribution in [-0.2, 0) is 0 Å².